The van der Waals surface area contributed by atoms with Gasteiger partial charge in [-0.05, 0) is 18.6 Å². The van der Waals surface area contributed by atoms with E-state index in [4.69, 9.17) is 4.74 Å². The van der Waals surface area contributed by atoms with Crippen LogP contribution >= 0.6 is 15.9 Å². The van der Waals surface area contributed by atoms with Gasteiger partial charge in [-0.2, -0.15) is 0 Å². The molecule has 0 saturated carbocycles. The largest absolute Gasteiger partial charge is 0.426 e. The molecule has 0 spiro atoms. The lowest BCUT2D eigenvalue weighted by atomic mass is 10.0. The highest BCUT2D eigenvalue weighted by molar-refractivity contribution is 9.08. The monoisotopic (exact) mass is 301 g/mol. The predicted molar refractivity (Wildman–Crippen MR) is 66.4 cm³/mol. The summed E-state index contributed by atoms with van der Waals surface area (Å²) >= 11 is 3.20. The number of esters is 1. The van der Waals surface area contributed by atoms with Crippen LogP contribution in [-0.4, -0.2) is 10.9 Å². The van der Waals surface area contributed by atoms with Gasteiger partial charge in [-0.25, -0.2) is 0 Å². The molecule has 0 unspecified atom stereocenters. The Morgan fingerprint density at radius 3 is 2.59 bits per heavy atom. The smallest absolute Gasteiger partial charge is 0.308 e. The minimum atomic E-state index is -0.486. The fraction of sp³-hybridized carbons (Fsp3) is 0.364. The second-order valence-electron chi connectivity index (χ2n) is 3.39. The van der Waals surface area contributed by atoms with Crippen LogP contribution in [0, 0.1) is 10.1 Å². The summed E-state index contributed by atoms with van der Waals surface area (Å²) in [5.41, 5.74) is 1.04. The molecule has 0 aromatic heterocycles. The Hall–Kier alpha value is -1.43. The predicted octanol–water partition coefficient (Wildman–Crippen LogP) is 2.98. The summed E-state index contributed by atoms with van der Waals surface area (Å²) in [4.78, 5) is 21.5. The highest BCUT2D eigenvalue weighted by Gasteiger charge is 2.22. The van der Waals surface area contributed by atoms with E-state index in [1.807, 2.05) is 0 Å². The minimum Gasteiger partial charge on any atom is -0.426 e. The van der Waals surface area contributed by atoms with Crippen LogP contribution in [0.1, 0.15) is 25.0 Å². The molecule has 0 aliphatic heterocycles. The maximum Gasteiger partial charge on any atom is 0.308 e. The molecule has 1 aromatic carbocycles. The Balaban J connectivity index is 3.40. The number of nitrogens with zero attached hydrogens (tertiary/aromatic N) is 1. The fourth-order valence-corrected chi connectivity index (χ4v) is 2.05. The van der Waals surface area contributed by atoms with Crippen LogP contribution in [0.25, 0.3) is 0 Å². The van der Waals surface area contributed by atoms with Gasteiger partial charge in [0.1, 0.15) is 5.75 Å². The molecule has 0 N–H and O–H groups in total. The molecule has 0 aliphatic carbocycles. The summed E-state index contributed by atoms with van der Waals surface area (Å²) < 4.78 is 4.97. The number of hydrogen-bond acceptors (Lipinski definition) is 4. The van der Waals surface area contributed by atoms with Crippen molar-refractivity contribution in [1.82, 2.24) is 0 Å². The zero-order chi connectivity index (χ0) is 13.0. The Bertz CT molecular complexity index is 459. The van der Waals surface area contributed by atoms with Gasteiger partial charge in [-0.15, -0.1) is 0 Å². The molecule has 0 fully saturated rings. The minimum absolute atomic E-state index is 0.0168. The second kappa shape index (κ2) is 5.77. The molecule has 1 rings (SSSR count). The Labute approximate surface area is 107 Å². The van der Waals surface area contributed by atoms with Gasteiger partial charge in [0.15, 0.2) is 0 Å². The lowest BCUT2D eigenvalue weighted by Crippen LogP contribution is -2.07. The Morgan fingerprint density at radius 2 is 2.18 bits per heavy atom. The third-order valence-corrected chi connectivity index (χ3v) is 2.86. The zero-order valence-corrected chi connectivity index (χ0v) is 11.1. The van der Waals surface area contributed by atoms with Crippen molar-refractivity contribution in [3.05, 3.63) is 33.4 Å². The van der Waals surface area contributed by atoms with Gasteiger partial charge in [0.2, 0.25) is 0 Å². The first-order chi connectivity index (χ1) is 8.01. The maximum atomic E-state index is 11.0. The topological polar surface area (TPSA) is 69.4 Å². The number of nitro groups is 1. The number of nitro benzene ring substituents is 1. The SMILES string of the molecule is CCc1c(OC(C)=O)ccc(CBr)c1[N+](=O)[O-]. The molecule has 5 nitrogen and oxygen atoms in total. The van der Waals surface area contributed by atoms with Gasteiger partial charge in [-0.1, -0.05) is 22.9 Å². The van der Waals surface area contributed by atoms with E-state index in [1.54, 1.807) is 19.1 Å². The number of ether oxygens (including phenoxy) is 1. The summed E-state index contributed by atoms with van der Waals surface area (Å²) in [7, 11) is 0. The number of hydrogen-bond donors (Lipinski definition) is 0. The number of benzene rings is 1. The molecule has 1 aromatic rings. The van der Waals surface area contributed by atoms with Crippen molar-refractivity contribution in [3.8, 4) is 5.75 Å². The average molecular weight is 302 g/mol. The summed E-state index contributed by atoms with van der Waals surface area (Å²) in [5.74, 6) is -0.225. The van der Waals surface area contributed by atoms with Crippen LogP contribution in [-0.2, 0) is 16.5 Å². The molecule has 0 heterocycles. The molecule has 0 amide bonds. The van der Waals surface area contributed by atoms with E-state index in [-0.39, 0.29) is 11.4 Å². The maximum absolute atomic E-state index is 11.0. The number of carbonyl (C=O) groups is 1. The van der Waals surface area contributed by atoms with Gasteiger partial charge in [0.05, 0.1) is 10.5 Å². The Kier molecular flexibility index (Phi) is 4.62. The van der Waals surface area contributed by atoms with Crippen LogP contribution in [0.15, 0.2) is 12.1 Å². The fourth-order valence-electron chi connectivity index (χ4n) is 1.59. The molecule has 0 aliphatic rings. The number of carbonyl (C=O) groups excluding carboxylic acids is 1. The van der Waals surface area contributed by atoms with Gasteiger partial charge >= 0.3 is 5.97 Å². The third-order valence-electron chi connectivity index (χ3n) is 2.26. The van der Waals surface area contributed by atoms with Crippen LogP contribution < -0.4 is 4.74 Å². The van der Waals surface area contributed by atoms with Crippen LogP contribution in [0.3, 0.4) is 0 Å². The number of rotatable bonds is 4. The molecule has 0 atom stereocenters. The van der Waals surface area contributed by atoms with Crippen molar-refractivity contribution >= 4 is 27.6 Å². The van der Waals surface area contributed by atoms with Crippen molar-refractivity contribution in [2.45, 2.75) is 25.6 Å². The van der Waals surface area contributed by atoms with E-state index in [1.165, 1.54) is 6.92 Å². The van der Waals surface area contributed by atoms with Crippen molar-refractivity contribution < 1.29 is 14.5 Å². The van der Waals surface area contributed by atoms with Crippen molar-refractivity contribution in [3.63, 3.8) is 0 Å². The molecule has 6 heteroatoms. The molecular weight excluding hydrogens is 290 g/mol. The standard InChI is InChI=1S/C11H12BrNO4/c1-3-9-10(17-7(2)14)5-4-8(6-12)11(9)13(15)16/h4-5H,3,6H2,1-2H3. The van der Waals surface area contributed by atoms with E-state index >= 15 is 0 Å². The van der Waals surface area contributed by atoms with Crippen LogP contribution in [0.2, 0.25) is 0 Å². The Morgan fingerprint density at radius 1 is 1.53 bits per heavy atom. The van der Waals surface area contributed by atoms with E-state index in [9.17, 15) is 14.9 Å². The average Bonchev–Trinajstić information content (AvgIpc) is 2.27. The van der Waals surface area contributed by atoms with Gasteiger partial charge in [-0.3, -0.25) is 14.9 Å². The first kappa shape index (κ1) is 13.6. The lowest BCUT2D eigenvalue weighted by molar-refractivity contribution is -0.386. The molecule has 0 bridgehead atoms. The van der Waals surface area contributed by atoms with E-state index in [2.05, 4.69) is 15.9 Å². The summed E-state index contributed by atoms with van der Waals surface area (Å²) in [6, 6.07) is 3.17. The molecule has 17 heavy (non-hydrogen) atoms. The van der Waals surface area contributed by atoms with Gasteiger partial charge in [0.25, 0.3) is 5.69 Å². The quantitative estimate of drug-likeness (QED) is 0.282. The van der Waals surface area contributed by atoms with E-state index < -0.39 is 10.9 Å². The van der Waals surface area contributed by atoms with Crippen molar-refractivity contribution in [2.75, 3.05) is 0 Å². The first-order valence-corrected chi connectivity index (χ1v) is 6.16. The lowest BCUT2D eigenvalue weighted by Gasteiger charge is -2.10. The third kappa shape index (κ3) is 3.03. The summed E-state index contributed by atoms with van der Waals surface area (Å²) in [6.07, 6.45) is 0.430. The van der Waals surface area contributed by atoms with Gasteiger partial charge < -0.3 is 4.74 Å². The summed E-state index contributed by atoms with van der Waals surface area (Å²) in [6.45, 7) is 3.05. The van der Waals surface area contributed by atoms with Crippen molar-refractivity contribution in [2.24, 2.45) is 0 Å². The number of halogens is 1. The first-order valence-electron chi connectivity index (χ1n) is 5.04. The van der Waals surface area contributed by atoms with Gasteiger partial charge in [0, 0.05) is 17.8 Å². The van der Waals surface area contributed by atoms with E-state index in [0.29, 0.717) is 22.9 Å². The van der Waals surface area contributed by atoms with E-state index in [0.717, 1.165) is 0 Å². The summed E-state index contributed by atoms with van der Waals surface area (Å²) in [5, 5.41) is 11.4. The molecule has 92 valence electrons. The zero-order valence-electron chi connectivity index (χ0n) is 9.53. The van der Waals surface area contributed by atoms with Crippen molar-refractivity contribution in [1.29, 1.82) is 0 Å². The van der Waals surface area contributed by atoms with Crippen LogP contribution in [0.4, 0.5) is 5.69 Å². The normalized spacial score (nSPS) is 10.1. The second-order valence-corrected chi connectivity index (χ2v) is 3.95. The highest BCUT2D eigenvalue weighted by atomic mass is 79.9. The molecular formula is C11H12BrNO4. The molecule has 0 radical (unpaired) electrons. The highest BCUT2D eigenvalue weighted by Crippen LogP contribution is 2.33. The number of alkyl halides is 1. The molecule has 0 saturated heterocycles. The van der Waals surface area contributed by atoms with Crippen LogP contribution in [0.5, 0.6) is 5.75 Å².